The van der Waals surface area contributed by atoms with Gasteiger partial charge < -0.3 is 4.57 Å². The van der Waals surface area contributed by atoms with Gasteiger partial charge in [-0.1, -0.05) is 127 Å². The Balaban J connectivity index is 1.90. The van der Waals surface area contributed by atoms with E-state index in [2.05, 4.69) is 106 Å². The zero-order chi connectivity index (χ0) is 25.8. The van der Waals surface area contributed by atoms with Crippen molar-refractivity contribution in [1.29, 1.82) is 0 Å². The van der Waals surface area contributed by atoms with E-state index in [1.54, 1.807) is 0 Å². The molecule has 0 bridgehead atoms. The predicted octanol–water partition coefficient (Wildman–Crippen LogP) is 7.84. The fourth-order valence-electron chi connectivity index (χ4n) is 5.15. The van der Waals surface area contributed by atoms with Gasteiger partial charge in [0.15, 0.2) is 7.14 Å². The van der Waals surface area contributed by atoms with Crippen LogP contribution in [0.15, 0.2) is 127 Å². The maximum Gasteiger partial charge on any atom is 0.172 e. The molecule has 37 heavy (non-hydrogen) atoms. The largest absolute Gasteiger partial charge is 0.309 e. The molecule has 0 unspecified atom stereocenters. The van der Waals surface area contributed by atoms with Crippen molar-refractivity contribution < 1.29 is 4.57 Å². The van der Waals surface area contributed by atoms with Crippen molar-refractivity contribution in [3.63, 3.8) is 0 Å². The third-order valence-electron chi connectivity index (χ3n) is 6.95. The van der Waals surface area contributed by atoms with Crippen molar-refractivity contribution in [2.24, 2.45) is 0 Å². The van der Waals surface area contributed by atoms with Gasteiger partial charge in [0.05, 0.1) is 0 Å². The minimum Gasteiger partial charge on any atom is -0.309 e. The highest BCUT2D eigenvalue weighted by atomic mass is 31.2. The zero-order valence-corrected chi connectivity index (χ0v) is 22.5. The molecule has 0 atom stereocenters. The molecular formula is C35H31OP. The average molecular weight is 499 g/mol. The molecule has 182 valence electrons. The summed E-state index contributed by atoms with van der Waals surface area (Å²) in [5, 5.41) is 2.70. The first-order chi connectivity index (χ1) is 18.0. The Labute approximate surface area is 220 Å². The molecule has 0 aliphatic heterocycles. The summed E-state index contributed by atoms with van der Waals surface area (Å²) in [7, 11) is -3.25. The third kappa shape index (κ3) is 4.76. The summed E-state index contributed by atoms with van der Waals surface area (Å²) in [6.07, 6.45) is 2.22. The first-order valence-electron chi connectivity index (χ1n) is 12.7. The van der Waals surface area contributed by atoms with Gasteiger partial charge in [-0.05, 0) is 65.8 Å². The first-order valence-corrected chi connectivity index (χ1v) is 14.4. The van der Waals surface area contributed by atoms with Gasteiger partial charge in [-0.3, -0.25) is 0 Å². The van der Waals surface area contributed by atoms with Crippen LogP contribution in [0.25, 0.3) is 11.6 Å². The second-order valence-electron chi connectivity index (χ2n) is 9.49. The smallest absolute Gasteiger partial charge is 0.172 e. The third-order valence-corrected chi connectivity index (χ3v) is 10.5. The van der Waals surface area contributed by atoms with Gasteiger partial charge in [0.2, 0.25) is 0 Å². The molecule has 0 amide bonds. The van der Waals surface area contributed by atoms with E-state index in [1.807, 2.05) is 48.5 Å². The molecule has 0 N–H and O–H groups in total. The van der Waals surface area contributed by atoms with Crippen molar-refractivity contribution in [3.05, 3.63) is 161 Å². The molecule has 0 saturated heterocycles. The van der Waals surface area contributed by atoms with Gasteiger partial charge in [-0.25, -0.2) is 0 Å². The zero-order valence-electron chi connectivity index (χ0n) is 21.6. The minimum absolute atomic E-state index is 0.895. The van der Waals surface area contributed by atoms with Crippen LogP contribution in [0, 0.1) is 20.8 Å². The second-order valence-corrected chi connectivity index (χ2v) is 12.1. The maximum absolute atomic E-state index is 15.9. The van der Waals surface area contributed by atoms with E-state index in [4.69, 9.17) is 0 Å². The molecule has 0 aliphatic rings. The van der Waals surface area contributed by atoms with E-state index in [0.29, 0.717) is 0 Å². The summed E-state index contributed by atoms with van der Waals surface area (Å²) in [6, 6.07) is 43.3. The quantitative estimate of drug-likeness (QED) is 0.172. The molecule has 5 aromatic rings. The summed E-state index contributed by atoms with van der Waals surface area (Å²) in [4.78, 5) is 0. The number of benzene rings is 5. The lowest BCUT2D eigenvalue weighted by Gasteiger charge is -2.28. The fourth-order valence-corrected chi connectivity index (χ4v) is 8.73. The number of rotatable bonds is 6. The lowest BCUT2D eigenvalue weighted by Crippen LogP contribution is -2.31. The van der Waals surface area contributed by atoms with E-state index in [1.165, 1.54) is 0 Å². The molecule has 5 aromatic carbocycles. The topological polar surface area (TPSA) is 17.1 Å². The molecule has 0 aromatic heterocycles. The normalized spacial score (nSPS) is 11.9. The Bertz CT molecular complexity index is 1560. The monoisotopic (exact) mass is 498 g/mol. The molecule has 0 heterocycles. The van der Waals surface area contributed by atoms with E-state index in [0.717, 1.165) is 54.9 Å². The molecule has 5 rings (SSSR count). The van der Waals surface area contributed by atoms with Crippen LogP contribution in [-0.2, 0) is 4.57 Å². The summed E-state index contributed by atoms with van der Waals surface area (Å²) in [5.74, 6) is 0. The molecule has 0 fully saturated rings. The maximum atomic E-state index is 15.9. The average Bonchev–Trinajstić information content (AvgIpc) is 2.93. The molecule has 0 aliphatic carbocycles. The highest BCUT2D eigenvalue weighted by Crippen LogP contribution is 2.47. The van der Waals surface area contributed by atoms with Crippen LogP contribution in [0.1, 0.15) is 33.4 Å². The van der Waals surface area contributed by atoms with Gasteiger partial charge in [-0.15, -0.1) is 0 Å². The Morgan fingerprint density at radius 3 is 1.59 bits per heavy atom. The summed E-state index contributed by atoms with van der Waals surface area (Å²) < 4.78 is 15.9. The van der Waals surface area contributed by atoms with Crippen LogP contribution in [0.4, 0.5) is 0 Å². The Hall–Kier alpha value is -3.93. The summed E-state index contributed by atoms with van der Waals surface area (Å²) in [5.41, 5.74) is 7.38. The first kappa shape index (κ1) is 24.8. The Morgan fingerprint density at radius 2 is 1.03 bits per heavy atom. The van der Waals surface area contributed by atoms with E-state index >= 15 is 4.57 Å². The van der Waals surface area contributed by atoms with Gasteiger partial charge in [0.25, 0.3) is 0 Å². The van der Waals surface area contributed by atoms with Gasteiger partial charge in [-0.2, -0.15) is 0 Å². The highest BCUT2D eigenvalue weighted by Gasteiger charge is 2.36. The molecule has 0 saturated carbocycles. The lowest BCUT2D eigenvalue weighted by atomic mass is 9.94. The van der Waals surface area contributed by atoms with Crippen LogP contribution in [0.2, 0.25) is 0 Å². The fraction of sp³-hybridized carbons (Fsp3) is 0.0857. The van der Waals surface area contributed by atoms with Crippen LogP contribution < -0.4 is 15.9 Å². The van der Waals surface area contributed by atoms with Crippen LogP contribution in [-0.4, -0.2) is 0 Å². The van der Waals surface area contributed by atoms with Crippen molar-refractivity contribution in [2.75, 3.05) is 0 Å². The highest BCUT2D eigenvalue weighted by molar-refractivity contribution is 7.85. The second kappa shape index (κ2) is 10.6. The molecular weight excluding hydrogens is 467 g/mol. The number of hydrogen-bond acceptors (Lipinski definition) is 1. The molecule has 0 radical (unpaired) electrons. The van der Waals surface area contributed by atoms with Crippen molar-refractivity contribution in [2.45, 2.75) is 20.8 Å². The van der Waals surface area contributed by atoms with Crippen molar-refractivity contribution in [1.82, 2.24) is 0 Å². The minimum atomic E-state index is -3.25. The van der Waals surface area contributed by atoms with Gasteiger partial charge in [0.1, 0.15) is 0 Å². The van der Waals surface area contributed by atoms with Crippen LogP contribution >= 0.6 is 7.14 Å². The Morgan fingerprint density at radius 1 is 0.541 bits per heavy atom. The Kier molecular flexibility index (Phi) is 7.08. The lowest BCUT2D eigenvalue weighted by molar-refractivity contribution is 0.592. The van der Waals surface area contributed by atoms with E-state index in [-0.39, 0.29) is 0 Å². The molecule has 0 spiro atoms. The summed E-state index contributed by atoms with van der Waals surface area (Å²) >= 11 is 0. The number of hydrogen-bond donors (Lipinski definition) is 0. The SMILES string of the molecule is Cc1ccccc1P(=O)(c1ccccc1C)c1c(C)cccc1/C(=C/c1ccccc1)c1ccccc1. The van der Waals surface area contributed by atoms with Crippen LogP contribution in [0.5, 0.6) is 0 Å². The van der Waals surface area contributed by atoms with E-state index < -0.39 is 7.14 Å². The number of aryl methyl sites for hydroxylation is 3. The summed E-state index contributed by atoms with van der Waals surface area (Å²) in [6.45, 7) is 6.22. The molecule has 2 heteroatoms. The van der Waals surface area contributed by atoms with Crippen molar-refractivity contribution in [3.8, 4) is 0 Å². The van der Waals surface area contributed by atoms with Crippen LogP contribution in [0.3, 0.4) is 0 Å². The van der Waals surface area contributed by atoms with Crippen molar-refractivity contribution >= 4 is 34.7 Å². The van der Waals surface area contributed by atoms with Gasteiger partial charge in [0, 0.05) is 15.9 Å². The standard InChI is InChI=1S/C35H31OP/c1-26-15-10-12-23-33(26)37(36,34-24-13-11-16-27(34)2)35-28(3)17-14-22-31(35)32(30-20-8-5-9-21-30)25-29-18-6-4-7-19-29/h4-25H,1-3H3/b32-25+. The van der Waals surface area contributed by atoms with Gasteiger partial charge >= 0.3 is 0 Å². The predicted molar refractivity (Wildman–Crippen MR) is 160 cm³/mol. The van der Waals surface area contributed by atoms with E-state index in [9.17, 15) is 0 Å². The molecule has 1 nitrogen and oxygen atoms in total.